The number of amides is 1. The quantitative estimate of drug-likeness (QED) is 0.251. The number of aliphatic hydroxyl groups excluding tert-OH is 2. The van der Waals surface area contributed by atoms with Gasteiger partial charge in [-0.3, -0.25) is 19.3 Å². The van der Waals surface area contributed by atoms with E-state index >= 15 is 0 Å². The molecule has 2 aromatic rings. The number of likely N-dealkylation sites (N-methyl/N-ethyl adjacent to an activating group) is 1. The maximum absolute atomic E-state index is 14.1. The van der Waals surface area contributed by atoms with Gasteiger partial charge in [-0.05, 0) is 112 Å². The Morgan fingerprint density at radius 1 is 1.07 bits per heavy atom. The number of rotatable bonds is 7. The first-order valence-corrected chi connectivity index (χ1v) is 15.8. The van der Waals surface area contributed by atoms with Gasteiger partial charge in [-0.25, -0.2) is 4.39 Å². The number of hydrogen-bond donors (Lipinski definition) is 6. The monoisotopic (exact) mass is 633 g/mol. The minimum Gasteiger partial charge on any atom is -0.508 e. The predicted molar refractivity (Wildman–Crippen MR) is 167 cm³/mol. The SMILES string of the molecule is CN(C)[C@H]1C(=O)C(C(N)=O)=C(O)[C@@]2(O)C(=O)C3=C(O)c4c(O)ccc(C5CCC(CNCc6cccc(F)c6)CC5)c4C[C@H]3C[C@@H]12. The first-order chi connectivity index (χ1) is 21.8. The van der Waals surface area contributed by atoms with E-state index in [1.165, 1.54) is 23.1 Å². The van der Waals surface area contributed by atoms with Crippen LogP contribution in [-0.2, 0) is 27.3 Å². The van der Waals surface area contributed by atoms with Crippen LogP contribution in [-0.4, -0.2) is 75.1 Å². The number of carbonyl (C=O) groups is 3. The minimum absolute atomic E-state index is 0.0601. The third-order valence-electron chi connectivity index (χ3n) is 10.6. The second-order valence-corrected chi connectivity index (χ2v) is 13.5. The molecule has 0 aromatic heterocycles. The zero-order valence-electron chi connectivity index (χ0n) is 25.9. The smallest absolute Gasteiger partial charge is 0.255 e. The number of Topliss-reactive ketones (excluding diaryl/α,β-unsaturated/α-hetero) is 2. The zero-order valence-corrected chi connectivity index (χ0v) is 25.9. The van der Waals surface area contributed by atoms with Crippen LogP contribution >= 0.6 is 0 Å². The van der Waals surface area contributed by atoms with Gasteiger partial charge in [-0.1, -0.05) is 18.2 Å². The van der Waals surface area contributed by atoms with E-state index in [0.717, 1.165) is 48.9 Å². The number of ketones is 2. The molecule has 0 bridgehead atoms. The maximum atomic E-state index is 14.1. The molecule has 11 heteroatoms. The highest BCUT2D eigenvalue weighted by Crippen LogP contribution is 2.54. The van der Waals surface area contributed by atoms with Crippen molar-refractivity contribution in [2.75, 3.05) is 20.6 Å². The van der Waals surface area contributed by atoms with Crippen molar-refractivity contribution >= 4 is 23.2 Å². The summed E-state index contributed by atoms with van der Waals surface area (Å²) in [7, 11) is 3.16. The number of nitrogens with one attached hydrogen (secondary N) is 1. The highest BCUT2D eigenvalue weighted by Gasteiger charge is 2.64. The Bertz CT molecular complexity index is 1680. The molecular weight excluding hydrogens is 593 g/mol. The van der Waals surface area contributed by atoms with Crippen molar-refractivity contribution in [2.45, 2.75) is 62.6 Å². The molecule has 4 atom stereocenters. The lowest BCUT2D eigenvalue weighted by Crippen LogP contribution is -2.65. The normalized spacial score (nSPS) is 29.5. The number of halogens is 1. The van der Waals surface area contributed by atoms with Crippen LogP contribution in [0, 0.1) is 23.6 Å². The van der Waals surface area contributed by atoms with Crippen LogP contribution in [0.4, 0.5) is 4.39 Å². The zero-order chi connectivity index (χ0) is 33.1. The molecule has 0 aliphatic heterocycles. The van der Waals surface area contributed by atoms with Crippen molar-refractivity contribution in [3.8, 4) is 5.75 Å². The Labute approximate surface area is 266 Å². The van der Waals surface area contributed by atoms with Crippen LogP contribution in [0.3, 0.4) is 0 Å². The lowest BCUT2D eigenvalue weighted by atomic mass is 9.57. The number of nitrogens with two attached hydrogens (primary N) is 1. The fourth-order valence-electron chi connectivity index (χ4n) is 8.40. The molecule has 2 aromatic carbocycles. The summed E-state index contributed by atoms with van der Waals surface area (Å²) in [5.41, 5.74) is 4.52. The lowest BCUT2D eigenvalue weighted by molar-refractivity contribution is -0.153. The summed E-state index contributed by atoms with van der Waals surface area (Å²) < 4.78 is 13.5. The fraction of sp³-hybridized carbons (Fsp3) is 0.457. The van der Waals surface area contributed by atoms with Crippen molar-refractivity contribution in [1.82, 2.24) is 10.2 Å². The molecule has 7 N–H and O–H groups in total. The van der Waals surface area contributed by atoms with Gasteiger partial charge in [-0.15, -0.1) is 0 Å². The number of phenols is 1. The number of carbonyl (C=O) groups excluding carboxylic acids is 3. The average molecular weight is 634 g/mol. The van der Waals surface area contributed by atoms with Crippen LogP contribution in [0.2, 0.25) is 0 Å². The van der Waals surface area contributed by atoms with Crippen LogP contribution in [0.1, 0.15) is 60.3 Å². The molecule has 2 saturated carbocycles. The van der Waals surface area contributed by atoms with Crippen LogP contribution in [0.15, 0.2) is 53.3 Å². The van der Waals surface area contributed by atoms with Gasteiger partial charge < -0.3 is 31.5 Å². The van der Waals surface area contributed by atoms with E-state index in [0.29, 0.717) is 12.5 Å². The Morgan fingerprint density at radius 3 is 2.43 bits per heavy atom. The maximum Gasteiger partial charge on any atom is 0.255 e. The van der Waals surface area contributed by atoms with Crippen molar-refractivity contribution in [1.29, 1.82) is 0 Å². The van der Waals surface area contributed by atoms with Crippen molar-refractivity contribution in [2.24, 2.45) is 23.5 Å². The second-order valence-electron chi connectivity index (χ2n) is 13.5. The van der Waals surface area contributed by atoms with Gasteiger partial charge in [0.05, 0.1) is 11.6 Å². The summed E-state index contributed by atoms with van der Waals surface area (Å²) in [5, 5.41) is 48.7. The van der Waals surface area contributed by atoms with Gasteiger partial charge in [0.25, 0.3) is 5.91 Å². The minimum atomic E-state index is -2.65. The third kappa shape index (κ3) is 5.10. The third-order valence-corrected chi connectivity index (χ3v) is 10.6. The average Bonchev–Trinajstić information content (AvgIpc) is 2.99. The summed E-state index contributed by atoms with van der Waals surface area (Å²) in [6.07, 6.45) is 4.04. The number of benzene rings is 2. The molecular formula is C35H40FN3O7. The van der Waals surface area contributed by atoms with Crippen molar-refractivity contribution in [3.05, 3.63) is 81.4 Å². The molecule has 0 radical (unpaired) electrons. The standard InChI is InChI=1S/C35H40FN3O7/c1-39(2)29-24-14-20-13-23-22(19-8-6-17(7-9-19)15-38-16-18-4-3-5-21(36)12-18)10-11-25(40)27(23)30(41)26(20)32(43)35(24,46)33(44)28(31(29)42)34(37)45/h3-5,10-12,17,19-20,24,29,38,40-41,44,46H,6-9,13-16H2,1-2H3,(H2,37,45)/t17?,19?,20-,24-,29+,35-/m0/s1. The van der Waals surface area contributed by atoms with Crippen molar-refractivity contribution in [3.63, 3.8) is 0 Å². The summed E-state index contributed by atoms with van der Waals surface area (Å²) >= 11 is 0. The summed E-state index contributed by atoms with van der Waals surface area (Å²) in [6, 6.07) is 8.80. The number of aromatic hydroxyl groups is 1. The van der Waals surface area contributed by atoms with E-state index < -0.39 is 58.0 Å². The van der Waals surface area contributed by atoms with E-state index in [1.807, 2.05) is 12.1 Å². The fourth-order valence-corrected chi connectivity index (χ4v) is 8.40. The molecule has 10 nitrogen and oxygen atoms in total. The number of nitrogens with zero attached hydrogens (tertiary/aromatic N) is 1. The van der Waals surface area contributed by atoms with Gasteiger partial charge in [-0.2, -0.15) is 0 Å². The number of phenolic OH excluding ortho intramolecular Hbond substituents is 1. The topological polar surface area (TPSA) is 173 Å². The van der Waals surface area contributed by atoms with E-state index in [2.05, 4.69) is 5.32 Å². The summed E-state index contributed by atoms with van der Waals surface area (Å²) in [6.45, 7) is 1.40. The molecule has 244 valence electrons. The predicted octanol–water partition coefficient (Wildman–Crippen LogP) is 3.17. The molecule has 0 saturated heterocycles. The van der Waals surface area contributed by atoms with Crippen LogP contribution < -0.4 is 11.1 Å². The Balaban J connectivity index is 1.27. The molecule has 6 rings (SSSR count). The van der Waals surface area contributed by atoms with Gasteiger partial charge in [0.1, 0.15) is 28.7 Å². The van der Waals surface area contributed by atoms with Gasteiger partial charge in [0.15, 0.2) is 11.4 Å². The van der Waals surface area contributed by atoms with Gasteiger partial charge in [0, 0.05) is 18.0 Å². The Hall–Kier alpha value is -4.06. The number of hydrogen-bond acceptors (Lipinski definition) is 9. The van der Waals surface area contributed by atoms with Gasteiger partial charge in [0.2, 0.25) is 5.78 Å². The molecule has 0 unspecified atom stereocenters. The van der Waals surface area contributed by atoms with Crippen LogP contribution in [0.5, 0.6) is 5.75 Å². The molecule has 0 spiro atoms. The molecule has 4 aliphatic rings. The van der Waals surface area contributed by atoms with E-state index in [4.69, 9.17) is 5.73 Å². The first-order valence-electron chi connectivity index (χ1n) is 15.8. The Morgan fingerprint density at radius 2 is 1.78 bits per heavy atom. The van der Waals surface area contributed by atoms with Crippen molar-refractivity contribution < 1.29 is 39.2 Å². The van der Waals surface area contributed by atoms with Gasteiger partial charge >= 0.3 is 0 Å². The van der Waals surface area contributed by atoms with Crippen LogP contribution in [0.25, 0.3) is 5.76 Å². The molecule has 46 heavy (non-hydrogen) atoms. The highest BCUT2D eigenvalue weighted by molar-refractivity contribution is 6.24. The summed E-state index contributed by atoms with van der Waals surface area (Å²) in [4.78, 5) is 41.1. The van der Waals surface area contributed by atoms with E-state index in [1.54, 1.807) is 20.2 Å². The molecule has 0 heterocycles. The highest BCUT2D eigenvalue weighted by atomic mass is 19.1. The largest absolute Gasteiger partial charge is 0.508 e. The van der Waals surface area contributed by atoms with E-state index in [-0.39, 0.29) is 41.5 Å². The number of primary amides is 1. The molecule has 4 aliphatic carbocycles. The van der Waals surface area contributed by atoms with E-state index in [9.17, 15) is 39.2 Å². The Kier molecular flexibility index (Phi) is 8.28. The lowest BCUT2D eigenvalue weighted by Gasteiger charge is -2.50. The number of fused-ring (bicyclic) bond motifs is 3. The number of aliphatic hydroxyl groups is 3. The molecule has 1 amide bonds. The summed E-state index contributed by atoms with van der Waals surface area (Å²) in [5.74, 6) is -6.17. The second kappa shape index (κ2) is 11.9. The molecule has 2 fully saturated rings. The first kappa shape index (κ1) is 31.9.